The van der Waals surface area contributed by atoms with Gasteiger partial charge in [-0.25, -0.2) is 4.79 Å². The van der Waals surface area contributed by atoms with Crippen molar-refractivity contribution in [2.75, 3.05) is 19.8 Å². The van der Waals surface area contributed by atoms with E-state index in [1.807, 2.05) is 24.3 Å². The van der Waals surface area contributed by atoms with Crippen LogP contribution in [0.3, 0.4) is 0 Å². The molecular weight excluding hydrogens is 608 g/mol. The van der Waals surface area contributed by atoms with Gasteiger partial charge in [-0.05, 0) is 94.8 Å². The van der Waals surface area contributed by atoms with Crippen molar-refractivity contribution in [1.29, 1.82) is 0 Å². The summed E-state index contributed by atoms with van der Waals surface area (Å²) in [6.07, 6.45) is 7.56. The van der Waals surface area contributed by atoms with Gasteiger partial charge in [0.1, 0.15) is 18.5 Å². The molecule has 5 aromatic rings. The van der Waals surface area contributed by atoms with Crippen LogP contribution in [-0.2, 0) is 46.4 Å². The van der Waals surface area contributed by atoms with E-state index >= 15 is 0 Å². The van der Waals surface area contributed by atoms with E-state index < -0.39 is 12.1 Å². The molecule has 1 aliphatic rings. The Morgan fingerprint density at radius 3 is 2.04 bits per heavy atom. The maximum atomic E-state index is 11.5. The summed E-state index contributed by atoms with van der Waals surface area (Å²) >= 11 is 0. The second-order valence-electron chi connectivity index (χ2n) is 12.4. The van der Waals surface area contributed by atoms with E-state index in [1.54, 1.807) is 6.92 Å². The van der Waals surface area contributed by atoms with Gasteiger partial charge in [0.15, 0.2) is 6.10 Å². The highest BCUT2D eigenvalue weighted by Gasteiger charge is 2.24. The molecule has 0 saturated carbocycles. The standard InChI is InChI=1S/C44H44O5/c1-2-47-42(44(45)46)31-35-20-25-38(26-21-35)48-28-29-49-43-40-15-9-14-36(22-18-33-12-7-4-8-13-33)39(40)27-24-37-23-19-34(30-41(37)43)17-16-32-10-5-3-6-11-32/h3-15,19-21,23-27,30,42-43H,2,16-18,22,28-29,31H2,1H3,(H,45,46). The van der Waals surface area contributed by atoms with Gasteiger partial charge in [0, 0.05) is 13.0 Å². The van der Waals surface area contributed by atoms with Crippen molar-refractivity contribution in [1.82, 2.24) is 0 Å². The van der Waals surface area contributed by atoms with Crippen LogP contribution in [0.25, 0.3) is 12.2 Å². The lowest BCUT2D eigenvalue weighted by atomic mass is 9.90. The van der Waals surface area contributed by atoms with Crippen LogP contribution in [0.2, 0.25) is 0 Å². The molecule has 49 heavy (non-hydrogen) atoms. The van der Waals surface area contributed by atoms with E-state index in [0.29, 0.717) is 32.0 Å². The molecule has 0 saturated heterocycles. The molecular formula is C44H44O5. The smallest absolute Gasteiger partial charge is 0.333 e. The lowest BCUT2D eigenvalue weighted by molar-refractivity contribution is -0.149. The topological polar surface area (TPSA) is 65.0 Å². The molecule has 1 N–H and O–H groups in total. The molecule has 5 aromatic carbocycles. The van der Waals surface area contributed by atoms with Crippen LogP contribution >= 0.6 is 0 Å². The minimum Gasteiger partial charge on any atom is -0.491 e. The molecule has 1 aliphatic carbocycles. The first-order chi connectivity index (χ1) is 24.1. The number of fused-ring (bicyclic) bond motifs is 2. The van der Waals surface area contributed by atoms with E-state index in [9.17, 15) is 9.90 Å². The van der Waals surface area contributed by atoms with E-state index in [0.717, 1.165) is 31.2 Å². The van der Waals surface area contributed by atoms with Gasteiger partial charge in [-0.3, -0.25) is 0 Å². The number of aliphatic carboxylic acids is 1. The normalized spacial score (nSPS) is 14.0. The van der Waals surface area contributed by atoms with Crippen LogP contribution in [0, 0.1) is 0 Å². The molecule has 0 amide bonds. The molecule has 5 heteroatoms. The molecule has 2 atom stereocenters. The molecule has 2 unspecified atom stereocenters. The summed E-state index contributed by atoms with van der Waals surface area (Å²) in [6, 6.07) is 42.2. The Bertz CT molecular complexity index is 1830. The maximum Gasteiger partial charge on any atom is 0.333 e. The Morgan fingerprint density at radius 2 is 1.35 bits per heavy atom. The summed E-state index contributed by atoms with van der Waals surface area (Å²) in [6.45, 7) is 2.94. The number of hydrogen-bond acceptors (Lipinski definition) is 4. The molecule has 0 heterocycles. The SMILES string of the molecule is CCOC(Cc1ccc(OCCOC2c3cc(CCc4ccccc4)ccc3C=Cc3c(CCc4ccccc4)cccc32)cc1)C(=O)O. The molecule has 0 radical (unpaired) electrons. The fraction of sp³-hybridized carbons (Fsp3) is 0.250. The van der Waals surface area contributed by atoms with Crippen LogP contribution in [0.15, 0.2) is 121 Å². The number of rotatable bonds is 16. The predicted octanol–water partition coefficient (Wildman–Crippen LogP) is 8.96. The summed E-state index contributed by atoms with van der Waals surface area (Å²) in [4.78, 5) is 11.5. The van der Waals surface area contributed by atoms with Crippen LogP contribution in [0.4, 0.5) is 0 Å². The second-order valence-corrected chi connectivity index (χ2v) is 12.4. The summed E-state index contributed by atoms with van der Waals surface area (Å²) in [5, 5.41) is 9.42. The largest absolute Gasteiger partial charge is 0.491 e. The minimum absolute atomic E-state index is 0.245. The third-order valence-electron chi connectivity index (χ3n) is 9.07. The van der Waals surface area contributed by atoms with Crippen LogP contribution < -0.4 is 4.74 Å². The number of aryl methyl sites for hydroxylation is 4. The van der Waals surface area contributed by atoms with Crippen molar-refractivity contribution in [3.63, 3.8) is 0 Å². The number of benzene rings is 5. The van der Waals surface area contributed by atoms with Crippen molar-refractivity contribution >= 4 is 18.1 Å². The van der Waals surface area contributed by atoms with Gasteiger partial charge >= 0.3 is 5.97 Å². The zero-order valence-electron chi connectivity index (χ0n) is 28.1. The molecule has 0 aromatic heterocycles. The third-order valence-corrected chi connectivity index (χ3v) is 9.07. The van der Waals surface area contributed by atoms with Gasteiger partial charge in [-0.2, -0.15) is 0 Å². The van der Waals surface area contributed by atoms with Gasteiger partial charge in [-0.1, -0.05) is 121 Å². The zero-order valence-corrected chi connectivity index (χ0v) is 28.1. The maximum absolute atomic E-state index is 11.5. The minimum atomic E-state index is -0.956. The van der Waals surface area contributed by atoms with Crippen molar-refractivity contribution < 1.29 is 24.1 Å². The van der Waals surface area contributed by atoms with E-state index in [4.69, 9.17) is 14.2 Å². The highest BCUT2D eigenvalue weighted by atomic mass is 16.5. The Labute approximate surface area is 289 Å². The zero-order chi connectivity index (χ0) is 33.8. The lowest BCUT2D eigenvalue weighted by Gasteiger charge is -2.23. The first-order valence-electron chi connectivity index (χ1n) is 17.3. The lowest BCUT2D eigenvalue weighted by Crippen LogP contribution is -2.26. The van der Waals surface area contributed by atoms with Crippen molar-refractivity contribution in [3.05, 3.63) is 171 Å². The van der Waals surface area contributed by atoms with Crippen molar-refractivity contribution in [3.8, 4) is 5.75 Å². The number of ether oxygens (including phenoxy) is 3. The summed E-state index contributed by atoms with van der Waals surface area (Å²) in [5.74, 6) is -0.242. The van der Waals surface area contributed by atoms with Crippen LogP contribution in [0.1, 0.15) is 63.1 Å². The highest BCUT2D eigenvalue weighted by Crippen LogP contribution is 2.38. The van der Waals surface area contributed by atoms with E-state index in [-0.39, 0.29) is 6.10 Å². The fourth-order valence-electron chi connectivity index (χ4n) is 6.50. The highest BCUT2D eigenvalue weighted by molar-refractivity contribution is 5.78. The molecule has 250 valence electrons. The van der Waals surface area contributed by atoms with Gasteiger partial charge < -0.3 is 19.3 Å². The Balaban J connectivity index is 1.19. The third kappa shape index (κ3) is 9.14. The average Bonchev–Trinajstić information content (AvgIpc) is 3.29. The molecule has 6 rings (SSSR count). The molecule has 0 spiro atoms. The fourth-order valence-corrected chi connectivity index (χ4v) is 6.50. The first-order valence-corrected chi connectivity index (χ1v) is 17.3. The predicted molar refractivity (Wildman–Crippen MR) is 196 cm³/mol. The Hall–Kier alpha value is -4.97. The average molecular weight is 653 g/mol. The van der Waals surface area contributed by atoms with Crippen LogP contribution in [-0.4, -0.2) is 37.0 Å². The quantitative estimate of drug-likeness (QED) is 0.108. The number of hydrogen-bond donors (Lipinski definition) is 1. The number of carboxylic acid groups (broad SMARTS) is 1. The first kappa shape index (κ1) is 33.9. The van der Waals surface area contributed by atoms with Gasteiger partial charge in [0.25, 0.3) is 0 Å². The summed E-state index contributed by atoms with van der Waals surface area (Å²) in [7, 11) is 0. The second kappa shape index (κ2) is 16.9. The van der Waals surface area contributed by atoms with Crippen LogP contribution in [0.5, 0.6) is 5.75 Å². The Kier molecular flexibility index (Phi) is 11.7. The van der Waals surface area contributed by atoms with Gasteiger partial charge in [0.05, 0.1) is 6.61 Å². The molecule has 0 bridgehead atoms. The monoisotopic (exact) mass is 652 g/mol. The van der Waals surface area contributed by atoms with Crippen molar-refractivity contribution in [2.24, 2.45) is 0 Å². The van der Waals surface area contributed by atoms with Gasteiger partial charge in [0.2, 0.25) is 0 Å². The summed E-state index contributed by atoms with van der Waals surface area (Å²) in [5.41, 5.74) is 10.9. The summed E-state index contributed by atoms with van der Waals surface area (Å²) < 4.78 is 18.2. The van der Waals surface area contributed by atoms with Gasteiger partial charge in [-0.15, -0.1) is 0 Å². The molecule has 5 nitrogen and oxygen atoms in total. The number of carbonyl (C=O) groups is 1. The molecule has 0 fully saturated rings. The van der Waals surface area contributed by atoms with Crippen molar-refractivity contribution in [2.45, 2.75) is 51.2 Å². The number of carboxylic acids is 1. The Morgan fingerprint density at radius 1 is 0.673 bits per heavy atom. The molecule has 0 aliphatic heterocycles. The van der Waals surface area contributed by atoms with E-state index in [2.05, 4.69) is 109 Å². The van der Waals surface area contributed by atoms with E-state index in [1.165, 1.54) is 44.5 Å².